The van der Waals surface area contributed by atoms with Crippen molar-refractivity contribution in [2.45, 2.75) is 17.7 Å². The number of aliphatic hydroxyl groups is 1. The lowest BCUT2D eigenvalue weighted by Crippen LogP contribution is -2.39. The fourth-order valence-electron chi connectivity index (χ4n) is 2.62. The van der Waals surface area contributed by atoms with Crippen molar-refractivity contribution < 1.29 is 13.5 Å². The molecule has 2 aromatic heterocycles. The molecule has 6 nitrogen and oxygen atoms in total. The number of hydrogen-bond acceptors (Lipinski definition) is 4. The highest BCUT2D eigenvalue weighted by Gasteiger charge is 2.30. The van der Waals surface area contributed by atoms with Gasteiger partial charge in [-0.3, -0.25) is 0 Å². The maximum atomic E-state index is 12.7. The fourth-order valence-corrected chi connectivity index (χ4v) is 4.24. The van der Waals surface area contributed by atoms with Gasteiger partial charge in [0.15, 0.2) is 0 Å². The number of pyridine rings is 1. The van der Waals surface area contributed by atoms with Crippen molar-refractivity contribution in [2.24, 2.45) is 5.92 Å². The van der Waals surface area contributed by atoms with Gasteiger partial charge >= 0.3 is 0 Å². The fraction of sp³-hybridized carbons (Fsp3) is 0.462. The number of nitrogens with zero attached hydrogens (tertiary/aromatic N) is 2. The van der Waals surface area contributed by atoms with Crippen LogP contribution in [-0.4, -0.2) is 47.5 Å². The predicted octanol–water partition coefficient (Wildman–Crippen LogP) is 0.956. The molecule has 0 spiro atoms. The topological polar surface area (TPSA) is 86.3 Å². The first-order valence-electron chi connectivity index (χ1n) is 6.66. The summed E-state index contributed by atoms with van der Waals surface area (Å²) in [6.45, 7) is 1.05. The molecule has 20 heavy (non-hydrogen) atoms. The van der Waals surface area contributed by atoms with Crippen molar-refractivity contribution in [1.82, 2.24) is 14.3 Å². The zero-order valence-corrected chi connectivity index (χ0v) is 11.8. The number of fused-ring (bicyclic) bond motifs is 1. The van der Waals surface area contributed by atoms with E-state index in [-0.39, 0.29) is 17.4 Å². The molecule has 1 aliphatic heterocycles. The van der Waals surface area contributed by atoms with Gasteiger partial charge in [0.1, 0.15) is 10.5 Å². The molecule has 2 N–H and O–H groups in total. The van der Waals surface area contributed by atoms with Crippen molar-refractivity contribution in [3.05, 3.63) is 24.5 Å². The van der Waals surface area contributed by atoms with Gasteiger partial charge in [0.25, 0.3) is 0 Å². The molecular weight excluding hydrogens is 278 g/mol. The van der Waals surface area contributed by atoms with Gasteiger partial charge < -0.3 is 10.1 Å². The van der Waals surface area contributed by atoms with Crippen LogP contribution in [0.15, 0.2) is 29.4 Å². The minimum Gasteiger partial charge on any atom is -0.396 e. The Labute approximate surface area is 117 Å². The van der Waals surface area contributed by atoms with E-state index in [1.54, 1.807) is 18.3 Å². The molecule has 0 radical (unpaired) electrons. The second kappa shape index (κ2) is 5.16. The third-order valence-corrected chi connectivity index (χ3v) is 5.80. The van der Waals surface area contributed by atoms with Gasteiger partial charge in [-0.15, -0.1) is 0 Å². The van der Waals surface area contributed by atoms with Crippen LogP contribution >= 0.6 is 0 Å². The van der Waals surface area contributed by atoms with E-state index in [4.69, 9.17) is 5.11 Å². The predicted molar refractivity (Wildman–Crippen MR) is 74.7 cm³/mol. The number of sulfonamides is 1. The quantitative estimate of drug-likeness (QED) is 0.883. The van der Waals surface area contributed by atoms with Crippen LogP contribution < -0.4 is 0 Å². The minimum atomic E-state index is -3.50. The molecule has 0 aliphatic carbocycles. The Morgan fingerprint density at radius 2 is 2.15 bits per heavy atom. The zero-order valence-electron chi connectivity index (χ0n) is 11.0. The Hall–Kier alpha value is -1.44. The molecule has 0 unspecified atom stereocenters. The molecule has 0 bridgehead atoms. The van der Waals surface area contributed by atoms with Crippen LogP contribution in [0.1, 0.15) is 12.8 Å². The summed E-state index contributed by atoms with van der Waals surface area (Å²) in [5.74, 6) is 0.214. The highest BCUT2D eigenvalue weighted by atomic mass is 32.2. The maximum absolute atomic E-state index is 12.7. The summed E-state index contributed by atoms with van der Waals surface area (Å²) in [6.07, 6.45) is 4.54. The molecule has 7 heteroatoms. The summed E-state index contributed by atoms with van der Waals surface area (Å²) >= 11 is 0. The van der Waals surface area contributed by atoms with Crippen LogP contribution in [0.5, 0.6) is 0 Å². The van der Waals surface area contributed by atoms with E-state index in [1.807, 2.05) is 0 Å². The molecule has 3 rings (SSSR count). The minimum absolute atomic E-state index is 0.130. The molecule has 0 amide bonds. The molecule has 3 heterocycles. The summed E-state index contributed by atoms with van der Waals surface area (Å²) in [7, 11) is -3.50. The number of hydrogen-bond donors (Lipinski definition) is 2. The van der Waals surface area contributed by atoms with Crippen molar-refractivity contribution in [3.8, 4) is 0 Å². The van der Waals surface area contributed by atoms with Crippen molar-refractivity contribution >= 4 is 21.1 Å². The van der Waals surface area contributed by atoms with E-state index in [2.05, 4.69) is 9.97 Å². The Bertz CT molecular complexity index is 702. The van der Waals surface area contributed by atoms with E-state index in [9.17, 15) is 8.42 Å². The average Bonchev–Trinajstić information content (AvgIpc) is 2.92. The van der Waals surface area contributed by atoms with Crippen LogP contribution in [0.4, 0.5) is 0 Å². The normalized spacial score (nSPS) is 18.6. The van der Waals surface area contributed by atoms with Gasteiger partial charge in [0.05, 0.1) is 0 Å². The number of H-pyrrole nitrogens is 1. The molecule has 2 aromatic rings. The average molecular weight is 295 g/mol. The van der Waals surface area contributed by atoms with Crippen LogP contribution in [0.2, 0.25) is 0 Å². The molecule has 0 atom stereocenters. The first kappa shape index (κ1) is 13.5. The van der Waals surface area contributed by atoms with Crippen LogP contribution in [-0.2, 0) is 10.0 Å². The summed E-state index contributed by atoms with van der Waals surface area (Å²) in [5.41, 5.74) is 0.580. The first-order valence-corrected chi connectivity index (χ1v) is 8.10. The number of rotatable bonds is 3. The van der Waals surface area contributed by atoms with Gasteiger partial charge in [0.2, 0.25) is 10.0 Å². The van der Waals surface area contributed by atoms with E-state index >= 15 is 0 Å². The molecule has 0 saturated carbocycles. The largest absolute Gasteiger partial charge is 0.396 e. The summed E-state index contributed by atoms with van der Waals surface area (Å²) in [6, 6.07) is 3.49. The summed E-state index contributed by atoms with van der Waals surface area (Å²) in [4.78, 5) is 7.29. The van der Waals surface area contributed by atoms with Crippen molar-refractivity contribution in [1.29, 1.82) is 0 Å². The third kappa shape index (κ3) is 2.21. The number of aromatic nitrogens is 2. The summed E-state index contributed by atoms with van der Waals surface area (Å²) < 4.78 is 26.8. The highest BCUT2D eigenvalue weighted by molar-refractivity contribution is 7.89. The molecular formula is C13H17N3O3S. The monoisotopic (exact) mass is 295 g/mol. The Morgan fingerprint density at radius 1 is 1.40 bits per heavy atom. The van der Waals surface area contributed by atoms with Gasteiger partial charge in [-0.05, 0) is 30.9 Å². The van der Waals surface area contributed by atoms with E-state index in [0.29, 0.717) is 37.0 Å². The van der Waals surface area contributed by atoms with Gasteiger partial charge in [-0.25, -0.2) is 13.4 Å². The zero-order chi connectivity index (χ0) is 14.2. The summed E-state index contributed by atoms with van der Waals surface area (Å²) in [5, 5.41) is 9.75. The van der Waals surface area contributed by atoms with E-state index in [0.717, 1.165) is 0 Å². The Kier molecular flexibility index (Phi) is 3.49. The number of aliphatic hydroxyl groups excluding tert-OH is 1. The van der Waals surface area contributed by atoms with Crippen LogP contribution in [0.3, 0.4) is 0 Å². The van der Waals surface area contributed by atoms with Crippen LogP contribution in [0, 0.1) is 5.92 Å². The second-order valence-electron chi connectivity index (χ2n) is 5.08. The molecule has 1 aliphatic rings. The number of aromatic amines is 1. The van der Waals surface area contributed by atoms with Gasteiger partial charge in [-0.1, -0.05) is 0 Å². The number of piperidine rings is 1. The van der Waals surface area contributed by atoms with Crippen LogP contribution in [0.25, 0.3) is 11.0 Å². The molecule has 1 saturated heterocycles. The lowest BCUT2D eigenvalue weighted by Gasteiger charge is -2.30. The molecule has 108 valence electrons. The maximum Gasteiger partial charge on any atom is 0.245 e. The molecule has 1 fully saturated rings. The smallest absolute Gasteiger partial charge is 0.245 e. The lowest BCUT2D eigenvalue weighted by molar-refractivity contribution is 0.170. The van der Waals surface area contributed by atoms with Gasteiger partial charge in [-0.2, -0.15) is 4.31 Å². The second-order valence-corrected chi connectivity index (χ2v) is 6.99. The van der Waals surface area contributed by atoms with Crippen molar-refractivity contribution in [2.75, 3.05) is 19.7 Å². The first-order chi connectivity index (χ1) is 9.63. The number of nitrogens with one attached hydrogen (secondary N) is 1. The lowest BCUT2D eigenvalue weighted by atomic mass is 10.00. The van der Waals surface area contributed by atoms with E-state index < -0.39 is 10.0 Å². The SMILES string of the molecule is O=S(=O)(c1c[nH]c2ncccc12)N1CCC(CO)CC1. The van der Waals surface area contributed by atoms with Gasteiger partial charge in [0, 0.05) is 37.5 Å². The van der Waals surface area contributed by atoms with E-state index in [1.165, 1.54) is 10.5 Å². The Morgan fingerprint density at radius 3 is 2.85 bits per heavy atom. The third-order valence-electron chi connectivity index (χ3n) is 3.86. The molecule has 0 aromatic carbocycles. The van der Waals surface area contributed by atoms with Crippen molar-refractivity contribution in [3.63, 3.8) is 0 Å². The highest BCUT2D eigenvalue weighted by Crippen LogP contribution is 2.27. The standard InChI is InChI=1S/C13H17N3O3S/c17-9-10-3-6-16(7-4-10)20(18,19)12-8-15-13-11(12)2-1-5-14-13/h1-2,5,8,10,17H,3-4,6-7,9H2,(H,14,15). The Balaban J connectivity index is 1.92.